The van der Waals surface area contributed by atoms with Gasteiger partial charge in [0.1, 0.15) is 5.75 Å². The first kappa shape index (κ1) is 9.33. The number of nitrogens with zero attached hydrogens (tertiary/aromatic N) is 3. The van der Waals surface area contributed by atoms with Crippen molar-refractivity contribution in [2.45, 2.75) is 0 Å². The van der Waals surface area contributed by atoms with Crippen LogP contribution in [0.5, 0.6) is 5.75 Å². The third-order valence-corrected chi connectivity index (χ3v) is 1.81. The quantitative estimate of drug-likeness (QED) is 0.752. The molecule has 74 valence electrons. The van der Waals surface area contributed by atoms with Crippen LogP contribution < -0.4 is 0 Å². The Morgan fingerprint density at radius 2 is 1.80 bits per heavy atom. The van der Waals surface area contributed by atoms with Gasteiger partial charge in [-0.3, -0.25) is 0 Å². The zero-order valence-corrected chi connectivity index (χ0v) is 7.91. The highest BCUT2D eigenvalue weighted by molar-refractivity contribution is 5.84. The van der Waals surface area contributed by atoms with Gasteiger partial charge in [0.25, 0.3) is 0 Å². The maximum atomic E-state index is 9.46. The molecular weight excluding hydrogens is 190 g/mol. The van der Waals surface area contributed by atoms with Gasteiger partial charge in [-0.2, -0.15) is 0 Å². The molecular formula is C11H9N3O. The molecule has 0 aliphatic heterocycles. The summed E-state index contributed by atoms with van der Waals surface area (Å²) >= 11 is 0. The van der Waals surface area contributed by atoms with Crippen molar-refractivity contribution in [1.29, 1.82) is 0 Å². The van der Waals surface area contributed by atoms with Crippen LogP contribution in [0, 0.1) is 0 Å². The lowest BCUT2D eigenvalue weighted by atomic mass is 10.2. The lowest BCUT2D eigenvalue weighted by Gasteiger charge is -1.95. The molecule has 4 heteroatoms. The minimum absolute atomic E-state index is 0.192. The maximum Gasteiger partial charge on any atom is 0.249 e. The van der Waals surface area contributed by atoms with Crippen LogP contribution in [0.4, 0.5) is 5.95 Å². The number of rotatable bonds is 2. The first-order chi connectivity index (χ1) is 7.36. The molecule has 2 rings (SSSR count). The van der Waals surface area contributed by atoms with Gasteiger partial charge in [-0.25, -0.2) is 15.0 Å². The van der Waals surface area contributed by atoms with Gasteiger partial charge in [0.15, 0.2) is 0 Å². The molecule has 15 heavy (non-hydrogen) atoms. The van der Waals surface area contributed by atoms with Crippen molar-refractivity contribution in [2.24, 2.45) is 4.99 Å². The van der Waals surface area contributed by atoms with Crippen LogP contribution in [-0.4, -0.2) is 21.3 Å². The number of para-hydroxylation sites is 1. The molecule has 0 spiro atoms. The molecule has 0 atom stereocenters. The fourth-order valence-corrected chi connectivity index (χ4v) is 1.08. The number of hydrogen-bond acceptors (Lipinski definition) is 4. The van der Waals surface area contributed by atoms with Crippen LogP contribution in [0.25, 0.3) is 0 Å². The molecule has 1 aromatic carbocycles. The second-order valence-electron chi connectivity index (χ2n) is 2.87. The SMILES string of the molecule is Oc1ccccc1C=Nc1ncccn1. The van der Waals surface area contributed by atoms with Crippen molar-refractivity contribution in [1.82, 2.24) is 9.97 Å². The Balaban J connectivity index is 2.23. The van der Waals surface area contributed by atoms with Gasteiger partial charge in [-0.05, 0) is 18.2 Å². The molecule has 0 aliphatic rings. The van der Waals surface area contributed by atoms with Gasteiger partial charge in [-0.15, -0.1) is 0 Å². The van der Waals surface area contributed by atoms with E-state index >= 15 is 0 Å². The second kappa shape index (κ2) is 4.32. The van der Waals surface area contributed by atoms with E-state index in [2.05, 4.69) is 15.0 Å². The Hall–Kier alpha value is -2.23. The number of phenolic OH excluding ortho intramolecular Hbond substituents is 1. The topological polar surface area (TPSA) is 58.4 Å². The van der Waals surface area contributed by atoms with E-state index in [1.54, 1.807) is 36.7 Å². The fourth-order valence-electron chi connectivity index (χ4n) is 1.08. The van der Waals surface area contributed by atoms with Gasteiger partial charge in [0, 0.05) is 24.2 Å². The molecule has 0 unspecified atom stereocenters. The zero-order valence-electron chi connectivity index (χ0n) is 7.91. The summed E-state index contributed by atoms with van der Waals surface area (Å²) in [6, 6.07) is 8.67. The van der Waals surface area contributed by atoms with Crippen LogP contribution >= 0.6 is 0 Å². The molecule has 1 heterocycles. The summed E-state index contributed by atoms with van der Waals surface area (Å²) < 4.78 is 0. The molecule has 0 fully saturated rings. The molecule has 1 aromatic heterocycles. The molecule has 0 radical (unpaired) electrons. The lowest BCUT2D eigenvalue weighted by molar-refractivity contribution is 0.474. The number of aromatic nitrogens is 2. The van der Waals surface area contributed by atoms with E-state index in [-0.39, 0.29) is 5.75 Å². The Bertz CT molecular complexity index is 468. The summed E-state index contributed by atoms with van der Waals surface area (Å²) in [5.74, 6) is 0.568. The van der Waals surface area contributed by atoms with Gasteiger partial charge in [0.2, 0.25) is 5.95 Å². The summed E-state index contributed by atoms with van der Waals surface area (Å²) in [6.07, 6.45) is 4.76. The molecule has 2 aromatic rings. The summed E-state index contributed by atoms with van der Waals surface area (Å²) in [5, 5.41) is 9.46. The van der Waals surface area contributed by atoms with Crippen molar-refractivity contribution >= 4 is 12.2 Å². The number of phenols is 1. The van der Waals surface area contributed by atoms with Crippen molar-refractivity contribution in [2.75, 3.05) is 0 Å². The van der Waals surface area contributed by atoms with Crippen LogP contribution in [0.3, 0.4) is 0 Å². The first-order valence-corrected chi connectivity index (χ1v) is 4.45. The van der Waals surface area contributed by atoms with Crippen LogP contribution in [0.15, 0.2) is 47.7 Å². The van der Waals surface area contributed by atoms with E-state index in [1.807, 2.05) is 6.07 Å². The van der Waals surface area contributed by atoms with Crippen LogP contribution in [0.1, 0.15) is 5.56 Å². The van der Waals surface area contributed by atoms with Crippen molar-refractivity contribution in [3.8, 4) is 5.75 Å². The highest BCUT2D eigenvalue weighted by atomic mass is 16.3. The molecule has 0 aliphatic carbocycles. The predicted octanol–water partition coefficient (Wildman–Crippen LogP) is 1.93. The van der Waals surface area contributed by atoms with E-state index in [9.17, 15) is 5.11 Å². The van der Waals surface area contributed by atoms with E-state index in [0.29, 0.717) is 11.5 Å². The summed E-state index contributed by atoms with van der Waals surface area (Å²) in [6.45, 7) is 0. The Morgan fingerprint density at radius 3 is 2.53 bits per heavy atom. The van der Waals surface area contributed by atoms with Gasteiger partial charge >= 0.3 is 0 Å². The third kappa shape index (κ3) is 2.37. The average molecular weight is 199 g/mol. The summed E-state index contributed by atoms with van der Waals surface area (Å²) in [5.41, 5.74) is 0.643. The number of aliphatic imine (C=N–C) groups is 1. The molecule has 0 saturated heterocycles. The normalized spacial score (nSPS) is 10.7. The Morgan fingerprint density at radius 1 is 1.07 bits per heavy atom. The number of aromatic hydroxyl groups is 1. The van der Waals surface area contributed by atoms with Gasteiger partial charge < -0.3 is 5.11 Å². The molecule has 4 nitrogen and oxygen atoms in total. The highest BCUT2D eigenvalue weighted by Crippen LogP contribution is 2.13. The first-order valence-electron chi connectivity index (χ1n) is 4.45. The minimum Gasteiger partial charge on any atom is -0.507 e. The fraction of sp³-hybridized carbons (Fsp3) is 0. The van der Waals surface area contributed by atoms with E-state index < -0.39 is 0 Å². The maximum absolute atomic E-state index is 9.46. The Kier molecular flexibility index (Phi) is 2.69. The summed E-state index contributed by atoms with van der Waals surface area (Å²) in [7, 11) is 0. The van der Waals surface area contributed by atoms with Gasteiger partial charge in [0.05, 0.1) is 0 Å². The third-order valence-electron chi connectivity index (χ3n) is 1.81. The predicted molar refractivity (Wildman–Crippen MR) is 57.4 cm³/mol. The monoisotopic (exact) mass is 199 g/mol. The number of benzene rings is 1. The van der Waals surface area contributed by atoms with Crippen molar-refractivity contribution in [3.63, 3.8) is 0 Å². The Labute approximate surface area is 87.0 Å². The van der Waals surface area contributed by atoms with Crippen LogP contribution in [-0.2, 0) is 0 Å². The molecule has 1 N–H and O–H groups in total. The van der Waals surface area contributed by atoms with Gasteiger partial charge in [-0.1, -0.05) is 12.1 Å². The van der Waals surface area contributed by atoms with E-state index in [0.717, 1.165) is 0 Å². The molecule has 0 amide bonds. The van der Waals surface area contributed by atoms with E-state index in [1.165, 1.54) is 6.21 Å². The molecule has 0 saturated carbocycles. The van der Waals surface area contributed by atoms with Crippen molar-refractivity contribution in [3.05, 3.63) is 48.3 Å². The summed E-state index contributed by atoms with van der Waals surface area (Å²) in [4.78, 5) is 11.9. The van der Waals surface area contributed by atoms with Crippen molar-refractivity contribution < 1.29 is 5.11 Å². The van der Waals surface area contributed by atoms with E-state index in [4.69, 9.17) is 0 Å². The highest BCUT2D eigenvalue weighted by Gasteiger charge is 1.95. The largest absolute Gasteiger partial charge is 0.507 e. The minimum atomic E-state index is 0.192. The average Bonchev–Trinajstić information content (AvgIpc) is 2.29. The molecule has 0 bridgehead atoms. The van der Waals surface area contributed by atoms with Crippen LogP contribution in [0.2, 0.25) is 0 Å². The zero-order chi connectivity index (χ0) is 10.5. The second-order valence-corrected chi connectivity index (χ2v) is 2.87. The standard InChI is InChI=1S/C11H9N3O/c15-10-5-2-1-4-9(10)8-14-11-12-6-3-7-13-11/h1-8,15H. The number of hydrogen-bond donors (Lipinski definition) is 1. The smallest absolute Gasteiger partial charge is 0.249 e. The lowest BCUT2D eigenvalue weighted by Crippen LogP contribution is -1.83.